The van der Waals surface area contributed by atoms with Crippen LogP contribution in [-0.4, -0.2) is 42.0 Å². The summed E-state index contributed by atoms with van der Waals surface area (Å²) in [5.41, 5.74) is 7.33. The van der Waals surface area contributed by atoms with Gasteiger partial charge in [0, 0.05) is 13.1 Å². The molecule has 0 bridgehead atoms. The zero-order chi connectivity index (χ0) is 9.97. The summed E-state index contributed by atoms with van der Waals surface area (Å²) < 4.78 is 5.56. The zero-order valence-corrected chi connectivity index (χ0v) is 8.91. The Morgan fingerprint density at radius 3 is 3.29 bits per heavy atom. The van der Waals surface area contributed by atoms with Gasteiger partial charge in [-0.1, -0.05) is 11.3 Å². The van der Waals surface area contributed by atoms with E-state index in [9.17, 15) is 0 Å². The van der Waals surface area contributed by atoms with Gasteiger partial charge in [-0.3, -0.25) is 0 Å². The summed E-state index contributed by atoms with van der Waals surface area (Å²) in [7, 11) is 0. The number of anilines is 1. The Balaban J connectivity index is 2.09. The Labute approximate surface area is 86.9 Å². The maximum Gasteiger partial charge on any atom is 0.208 e. The molecule has 6 heteroatoms. The van der Waals surface area contributed by atoms with Gasteiger partial charge < -0.3 is 15.4 Å². The van der Waals surface area contributed by atoms with E-state index in [1.807, 2.05) is 0 Å². The first-order valence-corrected chi connectivity index (χ1v) is 5.53. The van der Waals surface area contributed by atoms with Crippen molar-refractivity contribution in [3.8, 4) is 0 Å². The van der Waals surface area contributed by atoms with Crippen molar-refractivity contribution < 1.29 is 4.74 Å². The lowest BCUT2D eigenvalue weighted by molar-refractivity contribution is 0.0282. The number of ether oxygens (including phenoxy) is 1. The Morgan fingerprint density at radius 2 is 2.64 bits per heavy atom. The zero-order valence-electron chi connectivity index (χ0n) is 8.09. The highest BCUT2D eigenvalue weighted by atomic mass is 32.1. The van der Waals surface area contributed by atoms with Crippen LogP contribution in [0.15, 0.2) is 5.51 Å². The van der Waals surface area contributed by atoms with Crippen LogP contribution < -0.4 is 10.6 Å². The molecule has 0 spiro atoms. The Morgan fingerprint density at radius 1 is 1.79 bits per heavy atom. The summed E-state index contributed by atoms with van der Waals surface area (Å²) in [6, 6.07) is 0.353. The highest BCUT2D eigenvalue weighted by Crippen LogP contribution is 2.22. The first kappa shape index (κ1) is 9.82. The average Bonchev–Trinajstić information content (AvgIpc) is 2.71. The topological polar surface area (TPSA) is 64.3 Å². The normalized spacial score (nSPS) is 28.0. The highest BCUT2D eigenvalue weighted by molar-refractivity contribution is 7.13. The number of hydrogen-bond acceptors (Lipinski definition) is 6. The van der Waals surface area contributed by atoms with Gasteiger partial charge in [-0.05, 0) is 6.92 Å². The average molecular weight is 214 g/mol. The largest absolute Gasteiger partial charge is 0.373 e. The molecule has 1 fully saturated rings. The van der Waals surface area contributed by atoms with Crippen molar-refractivity contribution in [2.45, 2.75) is 19.1 Å². The van der Waals surface area contributed by atoms with Crippen LogP contribution in [0, 0.1) is 0 Å². The maximum atomic E-state index is 5.58. The molecule has 14 heavy (non-hydrogen) atoms. The van der Waals surface area contributed by atoms with Gasteiger partial charge in [0.15, 0.2) is 0 Å². The minimum atomic E-state index is 0.120. The third-order valence-corrected chi connectivity index (χ3v) is 3.09. The van der Waals surface area contributed by atoms with Gasteiger partial charge >= 0.3 is 0 Å². The second kappa shape index (κ2) is 4.20. The fourth-order valence-corrected chi connectivity index (χ4v) is 2.19. The van der Waals surface area contributed by atoms with Crippen molar-refractivity contribution in [2.24, 2.45) is 5.73 Å². The standard InChI is InChI=1S/C8H14N4OS/c1-6-4-13-7(2-9)3-12(6)8-11-10-5-14-8/h5-7H,2-4,9H2,1H3. The molecule has 0 amide bonds. The SMILES string of the molecule is CC1COC(CN)CN1c1nncs1. The lowest BCUT2D eigenvalue weighted by atomic mass is 10.2. The second-order valence-electron chi connectivity index (χ2n) is 3.41. The number of nitrogens with zero attached hydrogens (tertiary/aromatic N) is 3. The van der Waals surface area contributed by atoms with Crippen molar-refractivity contribution >= 4 is 16.5 Å². The van der Waals surface area contributed by atoms with E-state index in [4.69, 9.17) is 10.5 Å². The summed E-state index contributed by atoms with van der Waals surface area (Å²) in [5.74, 6) is 0. The molecule has 1 aliphatic heterocycles. The van der Waals surface area contributed by atoms with Gasteiger partial charge in [-0.2, -0.15) is 0 Å². The number of rotatable bonds is 2. The van der Waals surface area contributed by atoms with Gasteiger partial charge in [-0.15, -0.1) is 10.2 Å². The quantitative estimate of drug-likeness (QED) is 0.756. The Bertz CT molecular complexity index is 279. The molecule has 0 aliphatic carbocycles. The van der Waals surface area contributed by atoms with E-state index in [0.29, 0.717) is 19.2 Å². The first-order valence-electron chi connectivity index (χ1n) is 4.65. The van der Waals surface area contributed by atoms with Gasteiger partial charge in [0.2, 0.25) is 5.13 Å². The monoisotopic (exact) mass is 214 g/mol. The summed E-state index contributed by atoms with van der Waals surface area (Å²) in [6.45, 7) is 4.20. The van der Waals surface area contributed by atoms with E-state index in [1.54, 1.807) is 16.8 Å². The van der Waals surface area contributed by atoms with Crippen molar-refractivity contribution in [3.63, 3.8) is 0 Å². The fourth-order valence-electron chi connectivity index (χ4n) is 1.52. The number of hydrogen-bond donors (Lipinski definition) is 1. The molecular formula is C8H14N4OS. The van der Waals surface area contributed by atoms with Crippen molar-refractivity contribution in [1.82, 2.24) is 10.2 Å². The molecule has 0 radical (unpaired) electrons. The molecule has 1 aromatic heterocycles. The lowest BCUT2D eigenvalue weighted by Crippen LogP contribution is -2.50. The van der Waals surface area contributed by atoms with E-state index in [0.717, 1.165) is 11.7 Å². The predicted molar refractivity (Wildman–Crippen MR) is 55.5 cm³/mol. The van der Waals surface area contributed by atoms with Gasteiger partial charge in [0.1, 0.15) is 5.51 Å². The second-order valence-corrected chi connectivity index (χ2v) is 4.23. The molecule has 2 unspecified atom stereocenters. The van der Waals surface area contributed by atoms with Crippen LogP contribution >= 0.6 is 11.3 Å². The van der Waals surface area contributed by atoms with Crippen molar-refractivity contribution in [3.05, 3.63) is 5.51 Å². The summed E-state index contributed by atoms with van der Waals surface area (Å²) >= 11 is 1.55. The molecule has 2 atom stereocenters. The first-order chi connectivity index (χ1) is 6.81. The van der Waals surface area contributed by atoms with E-state index in [-0.39, 0.29) is 6.10 Å². The Hall–Kier alpha value is -0.720. The minimum absolute atomic E-state index is 0.120. The van der Waals surface area contributed by atoms with Gasteiger partial charge in [0.25, 0.3) is 0 Å². The van der Waals surface area contributed by atoms with Crippen LogP contribution in [0.2, 0.25) is 0 Å². The molecule has 0 aromatic carbocycles. The summed E-state index contributed by atoms with van der Waals surface area (Å²) in [4.78, 5) is 2.21. The molecular weight excluding hydrogens is 200 g/mol. The minimum Gasteiger partial charge on any atom is -0.373 e. The molecule has 78 valence electrons. The molecule has 2 N–H and O–H groups in total. The van der Waals surface area contributed by atoms with Crippen LogP contribution in [0.1, 0.15) is 6.92 Å². The third-order valence-electron chi connectivity index (χ3n) is 2.36. The molecule has 2 rings (SSSR count). The number of nitrogens with two attached hydrogens (primary N) is 1. The lowest BCUT2D eigenvalue weighted by Gasteiger charge is -2.37. The van der Waals surface area contributed by atoms with Gasteiger partial charge in [-0.25, -0.2) is 0 Å². The molecule has 5 nitrogen and oxygen atoms in total. The van der Waals surface area contributed by atoms with Crippen molar-refractivity contribution in [1.29, 1.82) is 0 Å². The fraction of sp³-hybridized carbons (Fsp3) is 0.750. The van der Waals surface area contributed by atoms with E-state index in [2.05, 4.69) is 22.0 Å². The van der Waals surface area contributed by atoms with E-state index < -0.39 is 0 Å². The molecule has 2 heterocycles. The maximum absolute atomic E-state index is 5.58. The summed E-state index contributed by atoms with van der Waals surface area (Å²) in [5, 5.41) is 8.85. The van der Waals surface area contributed by atoms with Crippen LogP contribution in [-0.2, 0) is 4.74 Å². The van der Waals surface area contributed by atoms with Crippen LogP contribution in [0.4, 0.5) is 5.13 Å². The van der Waals surface area contributed by atoms with Crippen LogP contribution in [0.3, 0.4) is 0 Å². The number of morpholine rings is 1. The third kappa shape index (κ3) is 1.87. The molecule has 1 aromatic rings. The van der Waals surface area contributed by atoms with Gasteiger partial charge in [0.05, 0.1) is 18.8 Å². The van der Waals surface area contributed by atoms with Crippen LogP contribution in [0.25, 0.3) is 0 Å². The van der Waals surface area contributed by atoms with E-state index >= 15 is 0 Å². The van der Waals surface area contributed by atoms with Crippen molar-refractivity contribution in [2.75, 3.05) is 24.6 Å². The Kier molecular flexibility index (Phi) is 2.95. The van der Waals surface area contributed by atoms with E-state index in [1.165, 1.54) is 0 Å². The summed E-state index contributed by atoms with van der Waals surface area (Å²) in [6.07, 6.45) is 0.120. The highest BCUT2D eigenvalue weighted by Gasteiger charge is 2.26. The van der Waals surface area contributed by atoms with Crippen LogP contribution in [0.5, 0.6) is 0 Å². The predicted octanol–water partition coefficient (Wildman–Crippen LogP) is 0.0905. The number of aromatic nitrogens is 2. The smallest absolute Gasteiger partial charge is 0.208 e. The molecule has 0 saturated carbocycles. The molecule has 1 saturated heterocycles. The molecule has 1 aliphatic rings.